The Morgan fingerprint density at radius 2 is 2.18 bits per heavy atom. The predicted octanol–water partition coefficient (Wildman–Crippen LogP) is 2.32. The first-order valence-electron chi connectivity index (χ1n) is 6.74. The van der Waals surface area contributed by atoms with E-state index in [2.05, 4.69) is 43.3 Å². The van der Waals surface area contributed by atoms with Crippen LogP contribution in [0.15, 0.2) is 24.2 Å². The van der Waals surface area contributed by atoms with Crippen molar-refractivity contribution in [3.05, 3.63) is 24.2 Å². The average molecular weight is 235 g/mol. The van der Waals surface area contributed by atoms with Crippen molar-refractivity contribution < 1.29 is 0 Å². The average Bonchev–Trinajstić information content (AvgIpc) is 2.83. The zero-order valence-corrected chi connectivity index (χ0v) is 11.2. The molecule has 2 aliphatic rings. The molecule has 2 unspecified atom stereocenters. The maximum absolute atomic E-state index is 6.08. The van der Waals surface area contributed by atoms with Crippen molar-refractivity contribution in [1.82, 2.24) is 10.2 Å². The summed E-state index contributed by atoms with van der Waals surface area (Å²) in [5.74, 6) is 0. The third-order valence-electron chi connectivity index (χ3n) is 3.97. The van der Waals surface area contributed by atoms with Crippen LogP contribution in [0.1, 0.15) is 46.5 Å². The second-order valence-corrected chi connectivity index (χ2v) is 5.80. The highest BCUT2D eigenvalue weighted by Crippen LogP contribution is 2.33. The van der Waals surface area contributed by atoms with E-state index in [1.807, 2.05) is 6.20 Å². The Labute approximate surface area is 105 Å². The molecule has 0 aromatic heterocycles. The highest BCUT2D eigenvalue weighted by Gasteiger charge is 2.40. The van der Waals surface area contributed by atoms with E-state index in [-0.39, 0.29) is 5.54 Å². The zero-order valence-electron chi connectivity index (χ0n) is 11.2. The van der Waals surface area contributed by atoms with E-state index in [1.165, 1.54) is 25.7 Å². The molecule has 0 aromatic carbocycles. The summed E-state index contributed by atoms with van der Waals surface area (Å²) in [6.07, 6.45) is 11.5. The molecule has 2 rings (SSSR count). The van der Waals surface area contributed by atoms with Crippen molar-refractivity contribution in [3.8, 4) is 0 Å². The Kier molecular flexibility index (Phi) is 3.36. The summed E-state index contributed by atoms with van der Waals surface area (Å²) in [7, 11) is 0. The quantitative estimate of drug-likeness (QED) is 0.719. The van der Waals surface area contributed by atoms with Crippen LogP contribution in [0, 0.1) is 0 Å². The molecule has 2 atom stereocenters. The fourth-order valence-electron chi connectivity index (χ4n) is 2.86. The molecule has 0 radical (unpaired) electrons. The van der Waals surface area contributed by atoms with Crippen molar-refractivity contribution in [3.63, 3.8) is 0 Å². The van der Waals surface area contributed by atoms with Gasteiger partial charge in [0.2, 0.25) is 0 Å². The predicted molar refractivity (Wildman–Crippen MR) is 72.2 cm³/mol. The number of rotatable bonds is 5. The number of hydrogen-bond acceptors (Lipinski definition) is 3. The molecule has 0 fully saturated rings. The molecule has 96 valence electrons. The van der Waals surface area contributed by atoms with Crippen molar-refractivity contribution in [2.45, 2.75) is 64.1 Å². The largest absolute Gasteiger partial charge is 0.399 e. The van der Waals surface area contributed by atoms with E-state index in [9.17, 15) is 0 Å². The molecule has 0 aliphatic carbocycles. The third-order valence-corrected chi connectivity index (χ3v) is 3.97. The number of nitrogens with zero attached hydrogens (tertiary/aromatic N) is 1. The minimum atomic E-state index is 0.190. The van der Waals surface area contributed by atoms with Crippen LogP contribution in [-0.2, 0) is 0 Å². The monoisotopic (exact) mass is 235 g/mol. The number of nitrogens with one attached hydrogen (secondary N) is 1. The number of fused-ring (bicyclic) bond motifs is 1. The maximum Gasteiger partial charge on any atom is 0.0909 e. The first kappa shape index (κ1) is 12.3. The Morgan fingerprint density at radius 3 is 2.88 bits per heavy atom. The van der Waals surface area contributed by atoms with Gasteiger partial charge < -0.3 is 16.0 Å². The van der Waals surface area contributed by atoms with E-state index in [1.54, 1.807) is 0 Å². The molecule has 0 amide bonds. The Hall–Kier alpha value is -1.12. The van der Waals surface area contributed by atoms with E-state index in [0.29, 0.717) is 12.1 Å². The van der Waals surface area contributed by atoms with Crippen LogP contribution < -0.4 is 11.1 Å². The van der Waals surface area contributed by atoms with Crippen LogP contribution in [0.4, 0.5) is 0 Å². The summed E-state index contributed by atoms with van der Waals surface area (Å²) in [6.45, 7) is 6.89. The van der Waals surface area contributed by atoms with Gasteiger partial charge in [0.05, 0.1) is 12.1 Å². The van der Waals surface area contributed by atoms with Crippen molar-refractivity contribution in [2.75, 3.05) is 0 Å². The highest BCUT2D eigenvalue weighted by molar-refractivity contribution is 5.29. The Morgan fingerprint density at radius 1 is 1.41 bits per heavy atom. The van der Waals surface area contributed by atoms with Gasteiger partial charge >= 0.3 is 0 Å². The molecular formula is C14H25N3. The number of hydrogen-bond donors (Lipinski definition) is 2. The summed E-state index contributed by atoms with van der Waals surface area (Å²) in [5.41, 5.74) is 7.23. The van der Waals surface area contributed by atoms with Crippen LogP contribution in [0.3, 0.4) is 0 Å². The Bertz CT molecular complexity index is 330. The lowest BCUT2D eigenvalue weighted by Gasteiger charge is -2.39. The maximum atomic E-state index is 6.08. The standard InChI is InChI=1S/C14H25N3/c1-4-5-6-8-14(2,3)17-10-11(15)13-12(17)7-9-16-13/h7,9-10,12-13,16H,4-6,8,15H2,1-3H3. The van der Waals surface area contributed by atoms with Gasteiger partial charge in [-0.05, 0) is 32.5 Å². The number of nitrogens with two attached hydrogens (primary N) is 1. The normalized spacial score (nSPS) is 27.0. The molecule has 3 heteroatoms. The Balaban J connectivity index is 2.03. The molecule has 2 heterocycles. The number of unbranched alkanes of at least 4 members (excludes halogenated alkanes) is 2. The molecule has 0 spiro atoms. The van der Waals surface area contributed by atoms with Gasteiger partial charge in [0.15, 0.2) is 0 Å². The van der Waals surface area contributed by atoms with Gasteiger partial charge in [-0.1, -0.05) is 26.2 Å². The summed E-state index contributed by atoms with van der Waals surface area (Å²) < 4.78 is 0. The first-order valence-corrected chi connectivity index (χ1v) is 6.74. The van der Waals surface area contributed by atoms with E-state index in [0.717, 1.165) is 5.70 Å². The fraction of sp³-hybridized carbons (Fsp3) is 0.714. The van der Waals surface area contributed by atoms with Crippen LogP contribution in [-0.4, -0.2) is 22.5 Å². The third kappa shape index (κ3) is 2.28. The zero-order chi connectivity index (χ0) is 12.5. The molecule has 17 heavy (non-hydrogen) atoms. The lowest BCUT2D eigenvalue weighted by molar-refractivity contribution is 0.146. The summed E-state index contributed by atoms with van der Waals surface area (Å²) in [6, 6.07) is 0.701. The minimum Gasteiger partial charge on any atom is -0.399 e. The molecule has 0 saturated carbocycles. The second-order valence-electron chi connectivity index (χ2n) is 5.80. The molecule has 3 N–H and O–H groups in total. The molecule has 0 aromatic rings. The van der Waals surface area contributed by atoms with Crippen LogP contribution >= 0.6 is 0 Å². The molecular weight excluding hydrogens is 210 g/mol. The van der Waals surface area contributed by atoms with Gasteiger partial charge in [-0.15, -0.1) is 0 Å². The van der Waals surface area contributed by atoms with Crippen molar-refractivity contribution in [2.24, 2.45) is 5.73 Å². The topological polar surface area (TPSA) is 41.3 Å². The van der Waals surface area contributed by atoms with Crippen molar-refractivity contribution >= 4 is 0 Å². The summed E-state index contributed by atoms with van der Waals surface area (Å²) in [4.78, 5) is 2.43. The van der Waals surface area contributed by atoms with Gasteiger partial charge in [0.1, 0.15) is 0 Å². The van der Waals surface area contributed by atoms with Crippen LogP contribution in [0.5, 0.6) is 0 Å². The highest BCUT2D eigenvalue weighted by atomic mass is 15.3. The van der Waals surface area contributed by atoms with Gasteiger partial charge in [-0.25, -0.2) is 0 Å². The fourth-order valence-corrected chi connectivity index (χ4v) is 2.86. The first-order chi connectivity index (χ1) is 8.06. The van der Waals surface area contributed by atoms with Gasteiger partial charge in [0, 0.05) is 17.4 Å². The van der Waals surface area contributed by atoms with Crippen LogP contribution in [0.25, 0.3) is 0 Å². The van der Waals surface area contributed by atoms with Crippen molar-refractivity contribution in [1.29, 1.82) is 0 Å². The SMILES string of the molecule is CCCCCC(C)(C)N1C=C(N)C2NC=CC21. The van der Waals surface area contributed by atoms with E-state index < -0.39 is 0 Å². The lowest BCUT2D eigenvalue weighted by Crippen LogP contribution is -2.47. The van der Waals surface area contributed by atoms with Crippen LogP contribution in [0.2, 0.25) is 0 Å². The molecule has 0 saturated heterocycles. The summed E-state index contributed by atoms with van der Waals surface area (Å²) in [5, 5.41) is 3.32. The lowest BCUT2D eigenvalue weighted by atomic mass is 9.93. The van der Waals surface area contributed by atoms with E-state index >= 15 is 0 Å². The van der Waals surface area contributed by atoms with E-state index in [4.69, 9.17) is 5.73 Å². The van der Waals surface area contributed by atoms with Gasteiger partial charge in [-0.3, -0.25) is 0 Å². The molecule has 2 aliphatic heterocycles. The molecule has 0 bridgehead atoms. The van der Waals surface area contributed by atoms with Gasteiger partial charge in [-0.2, -0.15) is 0 Å². The second kappa shape index (κ2) is 4.63. The minimum absolute atomic E-state index is 0.190. The molecule has 3 nitrogen and oxygen atoms in total. The smallest absolute Gasteiger partial charge is 0.0909 e. The summed E-state index contributed by atoms with van der Waals surface area (Å²) >= 11 is 0. The van der Waals surface area contributed by atoms with Gasteiger partial charge in [0.25, 0.3) is 0 Å².